The Morgan fingerprint density at radius 2 is 1.65 bits per heavy atom. The predicted molar refractivity (Wildman–Crippen MR) is 92.4 cm³/mol. The van der Waals surface area contributed by atoms with Gasteiger partial charge in [-0.25, -0.2) is 13.1 Å². The van der Waals surface area contributed by atoms with Crippen molar-refractivity contribution in [3.05, 3.63) is 46.3 Å². The molecule has 0 aliphatic carbocycles. The second-order valence-corrected chi connectivity index (χ2v) is 8.07. The van der Waals surface area contributed by atoms with Crippen molar-refractivity contribution in [2.75, 3.05) is 6.54 Å². The minimum absolute atomic E-state index is 0.107. The number of alkyl halides is 3. The third-order valence-electron chi connectivity index (χ3n) is 3.98. The van der Waals surface area contributed by atoms with Gasteiger partial charge < -0.3 is 0 Å². The second kappa shape index (κ2) is 7.40. The van der Waals surface area contributed by atoms with Gasteiger partial charge in [-0.05, 0) is 51.3 Å². The molecule has 0 spiro atoms. The standard InChI is InChI=1S/C17H22F3N3O2S/c1-11-8-12(2)16(13(3)9-11)26(24,25)21-6-5-7-23-14(4)10-15(22-23)17(18,19)20/h8-10,21H,5-7H2,1-4H3. The largest absolute Gasteiger partial charge is 0.435 e. The van der Waals surface area contributed by atoms with Crippen LogP contribution in [0.3, 0.4) is 0 Å². The summed E-state index contributed by atoms with van der Waals surface area (Å²) in [6, 6.07) is 4.57. The SMILES string of the molecule is Cc1cc(C)c(S(=O)(=O)NCCCn2nc(C(F)(F)F)cc2C)c(C)c1. The monoisotopic (exact) mass is 389 g/mol. The molecule has 0 bridgehead atoms. The molecular formula is C17H22F3N3O2S. The summed E-state index contributed by atoms with van der Waals surface area (Å²) in [5, 5.41) is 3.53. The zero-order valence-electron chi connectivity index (χ0n) is 15.1. The van der Waals surface area contributed by atoms with E-state index in [9.17, 15) is 21.6 Å². The Morgan fingerprint density at radius 1 is 1.08 bits per heavy atom. The van der Waals surface area contributed by atoms with Crippen molar-refractivity contribution in [2.24, 2.45) is 0 Å². The summed E-state index contributed by atoms with van der Waals surface area (Å²) in [5.74, 6) is 0. The van der Waals surface area contributed by atoms with E-state index in [0.717, 1.165) is 11.6 Å². The van der Waals surface area contributed by atoms with E-state index in [-0.39, 0.29) is 18.0 Å². The number of nitrogens with one attached hydrogen (secondary N) is 1. The van der Waals surface area contributed by atoms with Crippen LogP contribution in [-0.4, -0.2) is 24.7 Å². The Hall–Kier alpha value is -1.87. The summed E-state index contributed by atoms with van der Waals surface area (Å²) in [6.45, 7) is 7.20. The van der Waals surface area contributed by atoms with E-state index in [1.165, 1.54) is 11.6 Å². The average Bonchev–Trinajstić information content (AvgIpc) is 2.83. The van der Waals surface area contributed by atoms with E-state index in [1.54, 1.807) is 26.0 Å². The van der Waals surface area contributed by atoms with Crippen molar-refractivity contribution in [1.82, 2.24) is 14.5 Å². The van der Waals surface area contributed by atoms with Crippen LogP contribution < -0.4 is 4.72 Å². The van der Waals surface area contributed by atoms with Crippen molar-refractivity contribution in [3.63, 3.8) is 0 Å². The lowest BCUT2D eigenvalue weighted by Gasteiger charge is -2.13. The molecule has 1 N–H and O–H groups in total. The Morgan fingerprint density at radius 3 is 2.15 bits per heavy atom. The van der Waals surface area contributed by atoms with Gasteiger partial charge in [0.25, 0.3) is 0 Å². The maximum Gasteiger partial charge on any atom is 0.435 e. The fraction of sp³-hybridized carbons (Fsp3) is 0.471. The van der Waals surface area contributed by atoms with Crippen molar-refractivity contribution in [2.45, 2.75) is 51.7 Å². The van der Waals surface area contributed by atoms with Crippen molar-refractivity contribution in [1.29, 1.82) is 0 Å². The molecule has 0 unspecified atom stereocenters. The first-order chi connectivity index (χ1) is 11.9. The highest BCUT2D eigenvalue weighted by atomic mass is 32.2. The number of sulfonamides is 1. The summed E-state index contributed by atoms with van der Waals surface area (Å²) in [7, 11) is -3.68. The van der Waals surface area contributed by atoms with Gasteiger partial charge in [-0.1, -0.05) is 17.7 Å². The van der Waals surface area contributed by atoms with E-state index >= 15 is 0 Å². The van der Waals surface area contributed by atoms with E-state index in [4.69, 9.17) is 0 Å². The predicted octanol–water partition coefficient (Wildman–Crippen LogP) is 3.50. The summed E-state index contributed by atoms with van der Waals surface area (Å²) in [5.41, 5.74) is 1.74. The maximum absolute atomic E-state index is 12.7. The van der Waals surface area contributed by atoms with Gasteiger partial charge in [-0.3, -0.25) is 4.68 Å². The van der Waals surface area contributed by atoms with Crippen LogP contribution in [0.4, 0.5) is 13.2 Å². The van der Waals surface area contributed by atoms with Gasteiger partial charge in [0.2, 0.25) is 10.0 Å². The third-order valence-corrected chi connectivity index (χ3v) is 5.75. The average molecular weight is 389 g/mol. The van der Waals surface area contributed by atoms with Crippen LogP contribution in [-0.2, 0) is 22.7 Å². The Kier molecular flexibility index (Phi) is 5.82. The number of hydrogen-bond donors (Lipinski definition) is 1. The Bertz CT molecular complexity index is 879. The highest BCUT2D eigenvalue weighted by Crippen LogP contribution is 2.28. The minimum atomic E-state index is -4.49. The highest BCUT2D eigenvalue weighted by molar-refractivity contribution is 7.89. The molecule has 9 heteroatoms. The van der Waals surface area contributed by atoms with Crippen LogP contribution in [0.15, 0.2) is 23.1 Å². The normalized spacial score (nSPS) is 12.6. The quantitative estimate of drug-likeness (QED) is 0.769. The molecule has 0 fully saturated rings. The topological polar surface area (TPSA) is 64.0 Å². The van der Waals surface area contributed by atoms with Gasteiger partial charge >= 0.3 is 6.18 Å². The van der Waals surface area contributed by atoms with E-state index < -0.39 is 21.9 Å². The van der Waals surface area contributed by atoms with Gasteiger partial charge in [-0.2, -0.15) is 18.3 Å². The lowest BCUT2D eigenvalue weighted by Crippen LogP contribution is -2.27. The smallest absolute Gasteiger partial charge is 0.269 e. The van der Waals surface area contributed by atoms with Crippen LogP contribution in [0.1, 0.15) is 34.5 Å². The van der Waals surface area contributed by atoms with E-state index in [2.05, 4.69) is 9.82 Å². The first-order valence-electron chi connectivity index (χ1n) is 8.11. The third kappa shape index (κ3) is 4.64. The summed E-state index contributed by atoms with van der Waals surface area (Å²) in [4.78, 5) is 0.248. The molecule has 2 aromatic rings. The molecule has 144 valence electrons. The van der Waals surface area contributed by atoms with E-state index in [0.29, 0.717) is 23.2 Å². The molecule has 0 saturated carbocycles. The molecule has 0 amide bonds. The minimum Gasteiger partial charge on any atom is -0.269 e. The second-order valence-electron chi connectivity index (χ2n) is 6.37. The fourth-order valence-electron chi connectivity index (χ4n) is 2.97. The molecule has 0 radical (unpaired) electrons. The molecule has 0 atom stereocenters. The molecule has 0 aliphatic rings. The number of aromatic nitrogens is 2. The number of hydrogen-bond acceptors (Lipinski definition) is 3. The first-order valence-corrected chi connectivity index (χ1v) is 9.59. The molecule has 1 heterocycles. The van der Waals surface area contributed by atoms with Gasteiger partial charge in [0.05, 0.1) is 4.90 Å². The highest BCUT2D eigenvalue weighted by Gasteiger charge is 2.34. The van der Waals surface area contributed by atoms with Crippen molar-refractivity contribution < 1.29 is 21.6 Å². The van der Waals surface area contributed by atoms with Gasteiger partial charge in [0.1, 0.15) is 0 Å². The van der Waals surface area contributed by atoms with Crippen LogP contribution in [0.2, 0.25) is 0 Å². The number of benzene rings is 1. The Labute approximate surface area is 151 Å². The summed E-state index contributed by atoms with van der Waals surface area (Å²) < 4.78 is 66.7. The van der Waals surface area contributed by atoms with Gasteiger partial charge in [-0.15, -0.1) is 0 Å². The maximum atomic E-state index is 12.7. The molecule has 5 nitrogen and oxygen atoms in total. The molecule has 2 rings (SSSR count). The molecule has 0 aliphatic heterocycles. The van der Waals surface area contributed by atoms with Crippen molar-refractivity contribution >= 4 is 10.0 Å². The Balaban J connectivity index is 2.01. The zero-order valence-corrected chi connectivity index (χ0v) is 15.9. The molecule has 26 heavy (non-hydrogen) atoms. The van der Waals surface area contributed by atoms with Crippen molar-refractivity contribution in [3.8, 4) is 0 Å². The number of rotatable bonds is 6. The lowest BCUT2D eigenvalue weighted by molar-refractivity contribution is -0.141. The molecule has 1 aromatic carbocycles. The van der Waals surface area contributed by atoms with Gasteiger partial charge in [0, 0.05) is 18.8 Å². The number of halogens is 3. The first kappa shape index (κ1) is 20.4. The fourth-order valence-corrected chi connectivity index (χ4v) is 4.50. The molecule has 1 aromatic heterocycles. The zero-order chi connectivity index (χ0) is 19.7. The number of aryl methyl sites for hydroxylation is 5. The summed E-state index contributed by atoms with van der Waals surface area (Å²) >= 11 is 0. The van der Waals surface area contributed by atoms with E-state index in [1.807, 2.05) is 6.92 Å². The number of nitrogens with zero attached hydrogens (tertiary/aromatic N) is 2. The molecule has 0 saturated heterocycles. The van der Waals surface area contributed by atoms with Crippen LogP contribution >= 0.6 is 0 Å². The van der Waals surface area contributed by atoms with Gasteiger partial charge in [0.15, 0.2) is 5.69 Å². The molecular weight excluding hydrogens is 367 g/mol. The van der Waals surface area contributed by atoms with Crippen LogP contribution in [0.5, 0.6) is 0 Å². The summed E-state index contributed by atoms with van der Waals surface area (Å²) in [6.07, 6.45) is -4.17. The lowest BCUT2D eigenvalue weighted by atomic mass is 10.1. The van der Waals surface area contributed by atoms with Crippen LogP contribution in [0, 0.1) is 27.7 Å². The van der Waals surface area contributed by atoms with Crippen LogP contribution in [0.25, 0.3) is 0 Å².